The molecule has 1 heterocycles. The van der Waals surface area contributed by atoms with Gasteiger partial charge in [-0.15, -0.1) is 0 Å². The largest absolute Gasteiger partial charge is 0.497 e. The number of methoxy groups -OCH3 is 1. The molecule has 1 aromatic carbocycles. The Balaban J connectivity index is 1.70. The van der Waals surface area contributed by atoms with Gasteiger partial charge in [0.25, 0.3) is 5.91 Å². The molecule has 1 aromatic heterocycles. The number of ether oxygens (including phenoxy) is 2. The quantitative estimate of drug-likeness (QED) is 0.640. The summed E-state index contributed by atoms with van der Waals surface area (Å²) < 4.78 is 54.3. The highest BCUT2D eigenvalue weighted by atomic mass is 19.4. The second-order valence-electron chi connectivity index (χ2n) is 7.21. The first-order chi connectivity index (χ1) is 13.6. The fourth-order valence-electron chi connectivity index (χ4n) is 3.28. The molecular weight excluding hydrogens is 391 g/mol. The topological polar surface area (TPSA) is 69.0 Å². The van der Waals surface area contributed by atoms with Crippen LogP contribution in [-0.2, 0) is 9.53 Å². The monoisotopic (exact) mass is 413 g/mol. The third kappa shape index (κ3) is 4.83. The molecule has 6 nitrogen and oxygen atoms in total. The Morgan fingerprint density at radius 1 is 1.31 bits per heavy atom. The number of carbonyl (C=O) groups excluding carboxylic acids is 2. The molecule has 2 aromatic rings. The van der Waals surface area contributed by atoms with E-state index in [1.807, 2.05) is 0 Å². The Hall–Kier alpha value is -2.71. The van der Waals surface area contributed by atoms with Crippen molar-refractivity contribution < 1.29 is 36.7 Å². The number of carbonyl (C=O) groups is 2. The molecular formula is C20H22F3NO5. The van der Waals surface area contributed by atoms with Crippen molar-refractivity contribution in [3.63, 3.8) is 0 Å². The minimum atomic E-state index is -4.53. The van der Waals surface area contributed by atoms with Gasteiger partial charge in [0, 0.05) is 17.0 Å². The lowest BCUT2D eigenvalue weighted by Gasteiger charge is -2.30. The number of halogens is 3. The van der Waals surface area contributed by atoms with Gasteiger partial charge in [-0.05, 0) is 50.8 Å². The highest BCUT2D eigenvalue weighted by Gasteiger charge is 2.40. The van der Waals surface area contributed by atoms with Gasteiger partial charge in [-0.25, -0.2) is 4.79 Å². The van der Waals surface area contributed by atoms with E-state index in [-0.39, 0.29) is 11.7 Å². The molecule has 0 spiro atoms. The first kappa shape index (κ1) is 21.0. The number of aryl methyl sites for hydroxylation is 1. The van der Waals surface area contributed by atoms with Crippen LogP contribution in [0.25, 0.3) is 11.0 Å². The van der Waals surface area contributed by atoms with Crippen LogP contribution in [0.2, 0.25) is 0 Å². The number of hydrogen-bond acceptors (Lipinski definition) is 5. The van der Waals surface area contributed by atoms with E-state index in [2.05, 4.69) is 0 Å². The number of esters is 1. The van der Waals surface area contributed by atoms with Crippen LogP contribution in [0.4, 0.5) is 13.2 Å². The summed E-state index contributed by atoms with van der Waals surface area (Å²) in [7, 11) is 1.51. The lowest BCUT2D eigenvalue weighted by molar-refractivity contribution is -0.167. The molecule has 1 fully saturated rings. The number of amides is 1. The lowest BCUT2D eigenvalue weighted by Crippen LogP contribution is -2.47. The average molecular weight is 413 g/mol. The summed E-state index contributed by atoms with van der Waals surface area (Å²) in [4.78, 5) is 25.5. The molecule has 0 saturated heterocycles. The van der Waals surface area contributed by atoms with E-state index in [0.29, 0.717) is 22.3 Å². The summed E-state index contributed by atoms with van der Waals surface area (Å²) in [6.07, 6.45) is -2.97. The van der Waals surface area contributed by atoms with Crippen molar-refractivity contribution in [3.05, 3.63) is 29.5 Å². The fourth-order valence-corrected chi connectivity index (χ4v) is 3.28. The normalized spacial score (nSPS) is 15.2. The number of rotatable bonds is 7. The molecule has 9 heteroatoms. The van der Waals surface area contributed by atoms with E-state index >= 15 is 0 Å². The van der Waals surface area contributed by atoms with Gasteiger partial charge in [0.2, 0.25) is 5.76 Å². The van der Waals surface area contributed by atoms with E-state index in [9.17, 15) is 22.8 Å². The Morgan fingerprint density at radius 3 is 2.59 bits per heavy atom. The standard InChI is InChI=1S/C20H22F3NO5/c1-11-15-8-14(27-3)6-7-16(15)29-18(11)19(26)28-9-17(25)24(10-20(21,22)23)12(2)13-4-5-13/h6-8,12-13H,4-5,9-10H2,1-3H3/t12-/m0/s1. The van der Waals surface area contributed by atoms with Crippen molar-refractivity contribution in [2.45, 2.75) is 38.9 Å². The molecule has 0 aliphatic heterocycles. The molecule has 1 saturated carbocycles. The third-order valence-corrected chi connectivity index (χ3v) is 5.12. The van der Waals surface area contributed by atoms with Gasteiger partial charge in [0.05, 0.1) is 7.11 Å². The van der Waals surface area contributed by atoms with Gasteiger partial charge in [0.15, 0.2) is 6.61 Å². The lowest BCUT2D eigenvalue weighted by atomic mass is 10.1. The minimum Gasteiger partial charge on any atom is -0.497 e. The summed E-state index contributed by atoms with van der Waals surface area (Å²) in [6.45, 7) is 1.07. The molecule has 1 aliphatic carbocycles. The highest BCUT2D eigenvalue weighted by molar-refractivity contribution is 5.97. The van der Waals surface area contributed by atoms with Crippen LogP contribution in [0, 0.1) is 12.8 Å². The molecule has 29 heavy (non-hydrogen) atoms. The zero-order valence-corrected chi connectivity index (χ0v) is 16.3. The average Bonchev–Trinajstić information content (AvgIpc) is 3.47. The van der Waals surface area contributed by atoms with Crippen LogP contribution < -0.4 is 4.74 Å². The molecule has 1 atom stereocenters. The van der Waals surface area contributed by atoms with Gasteiger partial charge in [-0.3, -0.25) is 4.79 Å². The Morgan fingerprint density at radius 2 is 2.00 bits per heavy atom. The van der Waals surface area contributed by atoms with Crippen molar-refractivity contribution in [2.75, 3.05) is 20.3 Å². The van der Waals surface area contributed by atoms with Gasteiger partial charge >= 0.3 is 12.1 Å². The van der Waals surface area contributed by atoms with Crippen molar-refractivity contribution in [3.8, 4) is 5.75 Å². The summed E-state index contributed by atoms with van der Waals surface area (Å²) in [5, 5.41) is 0.642. The molecule has 1 aliphatic rings. The van der Waals surface area contributed by atoms with Crippen molar-refractivity contribution in [2.24, 2.45) is 5.92 Å². The van der Waals surface area contributed by atoms with E-state index in [0.717, 1.165) is 17.7 Å². The van der Waals surface area contributed by atoms with Gasteiger partial charge in [0.1, 0.15) is 17.9 Å². The molecule has 0 bridgehead atoms. The van der Waals surface area contributed by atoms with E-state index in [1.54, 1.807) is 32.0 Å². The zero-order chi connectivity index (χ0) is 21.3. The van der Waals surface area contributed by atoms with Crippen molar-refractivity contribution in [1.82, 2.24) is 4.90 Å². The summed E-state index contributed by atoms with van der Waals surface area (Å²) in [6, 6.07) is 4.42. The van der Waals surface area contributed by atoms with Crippen LogP contribution in [-0.4, -0.2) is 49.3 Å². The first-order valence-electron chi connectivity index (χ1n) is 9.21. The number of benzene rings is 1. The minimum absolute atomic E-state index is 0.0459. The molecule has 3 rings (SSSR count). The fraction of sp³-hybridized carbons (Fsp3) is 0.500. The highest BCUT2D eigenvalue weighted by Crippen LogP contribution is 2.36. The molecule has 1 amide bonds. The maximum atomic E-state index is 12.9. The van der Waals surface area contributed by atoms with Gasteiger partial charge < -0.3 is 18.8 Å². The third-order valence-electron chi connectivity index (χ3n) is 5.12. The summed E-state index contributed by atoms with van der Waals surface area (Å²) >= 11 is 0. The maximum absolute atomic E-state index is 12.9. The maximum Gasteiger partial charge on any atom is 0.406 e. The Kier molecular flexibility index (Phi) is 5.77. The van der Waals surface area contributed by atoms with Crippen molar-refractivity contribution >= 4 is 22.8 Å². The van der Waals surface area contributed by atoms with E-state index in [1.165, 1.54) is 7.11 Å². The SMILES string of the molecule is COc1ccc2oc(C(=O)OCC(=O)N(CC(F)(F)F)[C@@H](C)C3CC3)c(C)c2c1. The number of alkyl halides is 3. The molecule has 158 valence electrons. The second-order valence-corrected chi connectivity index (χ2v) is 7.21. The van der Waals surface area contributed by atoms with Crippen LogP contribution in [0.1, 0.15) is 35.9 Å². The Labute approximate surface area is 165 Å². The van der Waals surface area contributed by atoms with Crippen LogP contribution >= 0.6 is 0 Å². The second kappa shape index (κ2) is 7.96. The van der Waals surface area contributed by atoms with Gasteiger partial charge in [-0.2, -0.15) is 13.2 Å². The molecule has 0 radical (unpaired) electrons. The molecule has 0 unspecified atom stereocenters. The number of fused-ring (bicyclic) bond motifs is 1. The van der Waals surface area contributed by atoms with Crippen LogP contribution in [0.5, 0.6) is 5.75 Å². The summed E-state index contributed by atoms with van der Waals surface area (Å²) in [5.41, 5.74) is 0.928. The first-order valence-corrected chi connectivity index (χ1v) is 9.21. The Bertz CT molecular complexity index is 917. The predicted molar refractivity (Wildman–Crippen MR) is 97.7 cm³/mol. The number of nitrogens with zero attached hydrogens (tertiary/aromatic N) is 1. The van der Waals surface area contributed by atoms with Crippen LogP contribution in [0.15, 0.2) is 22.6 Å². The van der Waals surface area contributed by atoms with Crippen molar-refractivity contribution in [1.29, 1.82) is 0 Å². The van der Waals surface area contributed by atoms with Crippen LogP contribution in [0.3, 0.4) is 0 Å². The summed E-state index contributed by atoms with van der Waals surface area (Å²) in [5.74, 6) is -1.26. The molecule has 0 N–H and O–H groups in total. The smallest absolute Gasteiger partial charge is 0.406 e. The van der Waals surface area contributed by atoms with Gasteiger partial charge in [-0.1, -0.05) is 0 Å². The number of furan rings is 1. The number of hydrogen-bond donors (Lipinski definition) is 0. The predicted octanol–water partition coefficient (Wildman–Crippen LogP) is 4.10. The van der Waals surface area contributed by atoms with E-state index in [4.69, 9.17) is 13.9 Å². The zero-order valence-electron chi connectivity index (χ0n) is 16.3. The van der Waals surface area contributed by atoms with E-state index < -0.39 is 37.2 Å².